The zero-order chi connectivity index (χ0) is 19.1. The quantitative estimate of drug-likeness (QED) is 0.555. The molecule has 0 saturated heterocycles. The van der Waals surface area contributed by atoms with Crippen molar-refractivity contribution < 1.29 is 19.6 Å². The second kappa shape index (κ2) is 8.84. The lowest BCUT2D eigenvalue weighted by atomic mass is 9.98. The Morgan fingerprint density at radius 3 is 2.73 bits per heavy atom. The van der Waals surface area contributed by atoms with Gasteiger partial charge in [0, 0.05) is 24.2 Å². The Balaban J connectivity index is 1.95. The molecule has 2 rings (SSSR count). The van der Waals surface area contributed by atoms with Crippen LogP contribution in [0.3, 0.4) is 0 Å². The van der Waals surface area contributed by atoms with Crippen LogP contribution < -0.4 is 10.1 Å². The van der Waals surface area contributed by atoms with Gasteiger partial charge in [-0.15, -0.1) is 0 Å². The normalized spacial score (nSPS) is 11.6. The summed E-state index contributed by atoms with van der Waals surface area (Å²) in [5.74, 6) is 0.486. The minimum absolute atomic E-state index is 0.0251. The Bertz CT molecular complexity index is 791. The smallest absolute Gasteiger partial charge is 0.270 e. The molecule has 0 aromatic heterocycles. The molecule has 0 heterocycles. The molecule has 0 aliphatic heterocycles. The zero-order valence-corrected chi connectivity index (χ0v) is 14.8. The highest BCUT2D eigenvalue weighted by atomic mass is 16.6. The van der Waals surface area contributed by atoms with E-state index in [1.54, 1.807) is 0 Å². The summed E-state index contributed by atoms with van der Waals surface area (Å²) in [5, 5.41) is 23.1. The first-order valence-corrected chi connectivity index (χ1v) is 8.37. The fourth-order valence-corrected chi connectivity index (χ4v) is 2.45. The maximum Gasteiger partial charge on any atom is 0.270 e. The van der Waals surface area contributed by atoms with Gasteiger partial charge in [0.15, 0.2) is 6.61 Å². The number of rotatable bonds is 8. The molecular weight excluding hydrogens is 336 g/mol. The van der Waals surface area contributed by atoms with E-state index in [9.17, 15) is 20.0 Å². The second-order valence-corrected chi connectivity index (χ2v) is 5.98. The molecule has 1 amide bonds. The van der Waals surface area contributed by atoms with Crippen molar-refractivity contribution in [2.45, 2.75) is 32.7 Å². The monoisotopic (exact) mass is 358 g/mol. The van der Waals surface area contributed by atoms with Crippen molar-refractivity contribution >= 4 is 11.6 Å². The largest absolute Gasteiger partial charge is 0.508 e. The van der Waals surface area contributed by atoms with Gasteiger partial charge in [0.2, 0.25) is 0 Å². The number of nitro groups is 1. The molecule has 138 valence electrons. The van der Waals surface area contributed by atoms with Crippen molar-refractivity contribution in [2.75, 3.05) is 6.61 Å². The van der Waals surface area contributed by atoms with E-state index in [0.29, 0.717) is 11.7 Å². The summed E-state index contributed by atoms with van der Waals surface area (Å²) in [5.41, 5.74) is 1.16. The Hall–Kier alpha value is -3.09. The van der Waals surface area contributed by atoms with E-state index in [1.165, 1.54) is 18.2 Å². The van der Waals surface area contributed by atoms with Crippen LogP contribution in [-0.4, -0.2) is 22.5 Å². The van der Waals surface area contributed by atoms with Crippen LogP contribution in [0.1, 0.15) is 37.3 Å². The number of non-ortho nitro benzene ring substituents is 1. The van der Waals surface area contributed by atoms with Gasteiger partial charge < -0.3 is 15.2 Å². The molecule has 0 fully saturated rings. The summed E-state index contributed by atoms with van der Waals surface area (Å²) in [6.07, 6.45) is 0.957. The molecule has 0 aliphatic rings. The van der Waals surface area contributed by atoms with Crippen LogP contribution in [0.25, 0.3) is 0 Å². The number of para-hydroxylation sites is 1. The first-order chi connectivity index (χ1) is 12.4. The number of amides is 1. The highest BCUT2D eigenvalue weighted by Crippen LogP contribution is 2.28. The van der Waals surface area contributed by atoms with Crippen LogP contribution in [0.2, 0.25) is 0 Å². The predicted molar refractivity (Wildman–Crippen MR) is 97.3 cm³/mol. The van der Waals surface area contributed by atoms with Gasteiger partial charge in [-0.2, -0.15) is 0 Å². The number of ether oxygens (including phenoxy) is 1. The van der Waals surface area contributed by atoms with Gasteiger partial charge in [-0.05, 0) is 30.0 Å². The van der Waals surface area contributed by atoms with Crippen LogP contribution in [-0.2, 0) is 11.3 Å². The maximum absolute atomic E-state index is 12.0. The topological polar surface area (TPSA) is 102 Å². The average Bonchev–Trinajstić information content (AvgIpc) is 2.65. The molecule has 1 atom stereocenters. The molecule has 2 aromatic rings. The Morgan fingerprint density at radius 2 is 2.04 bits per heavy atom. The third-order valence-electron chi connectivity index (χ3n) is 4.17. The van der Waals surface area contributed by atoms with Crippen molar-refractivity contribution in [1.29, 1.82) is 0 Å². The molecule has 7 heteroatoms. The van der Waals surface area contributed by atoms with Gasteiger partial charge in [-0.25, -0.2) is 0 Å². The Labute approximate surface area is 151 Å². The summed E-state index contributed by atoms with van der Waals surface area (Å²) in [7, 11) is 0. The number of aromatic hydroxyl groups is 1. The molecule has 26 heavy (non-hydrogen) atoms. The molecule has 0 saturated carbocycles. The van der Waals surface area contributed by atoms with Crippen LogP contribution in [0.15, 0.2) is 42.5 Å². The van der Waals surface area contributed by atoms with Gasteiger partial charge in [0.1, 0.15) is 11.5 Å². The van der Waals surface area contributed by atoms with E-state index in [2.05, 4.69) is 19.2 Å². The number of nitro benzene ring substituents is 1. The number of hydrogen-bond acceptors (Lipinski definition) is 5. The lowest BCUT2D eigenvalue weighted by Crippen LogP contribution is -2.28. The van der Waals surface area contributed by atoms with Crippen molar-refractivity contribution in [2.24, 2.45) is 0 Å². The maximum atomic E-state index is 12.0. The molecule has 0 spiro atoms. The minimum Gasteiger partial charge on any atom is -0.508 e. The van der Waals surface area contributed by atoms with E-state index in [4.69, 9.17) is 4.74 Å². The fourth-order valence-electron chi connectivity index (χ4n) is 2.45. The van der Waals surface area contributed by atoms with Gasteiger partial charge >= 0.3 is 0 Å². The van der Waals surface area contributed by atoms with Crippen LogP contribution >= 0.6 is 0 Å². The number of nitrogens with one attached hydrogen (secondary N) is 1. The van der Waals surface area contributed by atoms with Crippen LogP contribution in [0.4, 0.5) is 5.69 Å². The lowest BCUT2D eigenvalue weighted by Gasteiger charge is -2.15. The summed E-state index contributed by atoms with van der Waals surface area (Å²) >= 11 is 0. The molecule has 2 N–H and O–H groups in total. The summed E-state index contributed by atoms with van der Waals surface area (Å²) in [4.78, 5) is 22.3. The van der Waals surface area contributed by atoms with Crippen molar-refractivity contribution in [3.63, 3.8) is 0 Å². The highest BCUT2D eigenvalue weighted by molar-refractivity contribution is 5.77. The van der Waals surface area contributed by atoms with E-state index >= 15 is 0 Å². The van der Waals surface area contributed by atoms with Crippen molar-refractivity contribution in [1.82, 2.24) is 5.32 Å². The van der Waals surface area contributed by atoms with Gasteiger partial charge in [0.25, 0.3) is 11.6 Å². The van der Waals surface area contributed by atoms with E-state index in [0.717, 1.165) is 12.0 Å². The second-order valence-electron chi connectivity index (χ2n) is 5.98. The van der Waals surface area contributed by atoms with Crippen LogP contribution in [0.5, 0.6) is 11.5 Å². The number of nitrogens with zero attached hydrogens (tertiary/aromatic N) is 1. The molecule has 0 aliphatic carbocycles. The number of benzene rings is 2. The van der Waals surface area contributed by atoms with Crippen LogP contribution in [0, 0.1) is 10.1 Å². The van der Waals surface area contributed by atoms with Gasteiger partial charge in [0.05, 0.1) is 4.92 Å². The standard InChI is InChI=1S/C19H22N2O5/c1-3-13(2)16-6-4-5-7-18(16)26-12-19(23)20-11-14-10-15(21(24)25)8-9-17(14)22/h4-10,13,22H,3,11-12H2,1-2H3,(H,20,23). The Morgan fingerprint density at radius 1 is 1.31 bits per heavy atom. The SMILES string of the molecule is CCC(C)c1ccccc1OCC(=O)NCc1cc([N+](=O)[O-])ccc1O. The summed E-state index contributed by atoms with van der Waals surface area (Å²) in [6, 6.07) is 11.2. The average molecular weight is 358 g/mol. The van der Waals surface area contributed by atoms with E-state index in [1.807, 2.05) is 24.3 Å². The molecular formula is C19H22N2O5. The highest BCUT2D eigenvalue weighted by Gasteiger charge is 2.13. The van der Waals surface area contributed by atoms with Crippen molar-refractivity contribution in [3.05, 3.63) is 63.7 Å². The number of carbonyl (C=O) groups is 1. The molecule has 0 bridgehead atoms. The molecule has 2 aromatic carbocycles. The molecule has 0 radical (unpaired) electrons. The number of hydrogen-bond donors (Lipinski definition) is 2. The van der Waals surface area contributed by atoms with E-state index in [-0.39, 0.29) is 36.1 Å². The summed E-state index contributed by atoms with van der Waals surface area (Å²) in [6.45, 7) is 3.97. The minimum atomic E-state index is -0.556. The molecule has 7 nitrogen and oxygen atoms in total. The third-order valence-corrected chi connectivity index (χ3v) is 4.17. The summed E-state index contributed by atoms with van der Waals surface area (Å²) < 4.78 is 5.62. The number of carbonyl (C=O) groups excluding carboxylic acids is 1. The Kier molecular flexibility index (Phi) is 6.54. The zero-order valence-electron chi connectivity index (χ0n) is 14.8. The third kappa shape index (κ3) is 4.95. The first kappa shape index (κ1) is 19.2. The van der Waals surface area contributed by atoms with Gasteiger partial charge in [-0.1, -0.05) is 32.0 Å². The fraction of sp³-hybridized carbons (Fsp3) is 0.316. The van der Waals surface area contributed by atoms with Gasteiger partial charge in [-0.3, -0.25) is 14.9 Å². The number of phenolic OH excluding ortho intramolecular Hbond substituents is 1. The number of phenols is 1. The lowest BCUT2D eigenvalue weighted by molar-refractivity contribution is -0.384. The first-order valence-electron chi connectivity index (χ1n) is 8.37. The van der Waals surface area contributed by atoms with E-state index < -0.39 is 4.92 Å². The predicted octanol–water partition coefficient (Wildman–Crippen LogP) is 3.51. The molecule has 1 unspecified atom stereocenters. The van der Waals surface area contributed by atoms with Crippen molar-refractivity contribution in [3.8, 4) is 11.5 Å².